The van der Waals surface area contributed by atoms with Crippen molar-refractivity contribution in [1.29, 1.82) is 0 Å². The third-order valence-electron chi connectivity index (χ3n) is 4.83. The van der Waals surface area contributed by atoms with Crippen LogP contribution in [0.4, 0.5) is 11.4 Å². The molecule has 2 heterocycles. The zero-order chi connectivity index (χ0) is 17.2. The van der Waals surface area contributed by atoms with Gasteiger partial charge in [0.25, 0.3) is 5.91 Å². The van der Waals surface area contributed by atoms with Crippen molar-refractivity contribution < 1.29 is 9.53 Å². The Kier molecular flexibility index (Phi) is 4.57. The third kappa shape index (κ3) is 3.21. The number of carbonyl (C=O) groups is 1. The van der Waals surface area contributed by atoms with Crippen molar-refractivity contribution in [3.05, 3.63) is 53.6 Å². The number of amides is 1. The molecule has 0 aromatic heterocycles. The van der Waals surface area contributed by atoms with Gasteiger partial charge < -0.3 is 14.5 Å². The van der Waals surface area contributed by atoms with E-state index in [0.717, 1.165) is 48.8 Å². The minimum absolute atomic E-state index is 0.106. The van der Waals surface area contributed by atoms with Crippen LogP contribution in [-0.2, 0) is 6.42 Å². The number of hydrogen-bond acceptors (Lipinski definition) is 4. The van der Waals surface area contributed by atoms with Crippen LogP contribution >= 0.6 is 11.8 Å². The first-order chi connectivity index (χ1) is 12.3. The first kappa shape index (κ1) is 16.3. The molecule has 0 N–H and O–H groups in total. The van der Waals surface area contributed by atoms with Crippen molar-refractivity contribution >= 4 is 29.0 Å². The zero-order valence-corrected chi connectivity index (χ0v) is 15.2. The van der Waals surface area contributed by atoms with Crippen LogP contribution in [0.2, 0.25) is 0 Å². The quantitative estimate of drug-likeness (QED) is 0.815. The number of fused-ring (bicyclic) bond motifs is 1. The van der Waals surface area contributed by atoms with Gasteiger partial charge in [0.15, 0.2) is 6.73 Å². The molecule has 1 fully saturated rings. The Labute approximate surface area is 152 Å². The number of thioether (sulfide) groups is 1. The van der Waals surface area contributed by atoms with Crippen LogP contribution in [0.15, 0.2) is 42.5 Å². The maximum absolute atomic E-state index is 12.4. The van der Waals surface area contributed by atoms with Crippen LogP contribution in [0.3, 0.4) is 0 Å². The van der Waals surface area contributed by atoms with E-state index in [4.69, 9.17) is 4.74 Å². The first-order valence-corrected chi connectivity index (χ1v) is 10.1. The largest absolute Gasteiger partial charge is 0.471 e. The maximum Gasteiger partial charge on any atom is 0.253 e. The Morgan fingerprint density at radius 3 is 2.64 bits per heavy atom. The summed E-state index contributed by atoms with van der Waals surface area (Å²) in [5, 5.41) is 0. The molecule has 2 aromatic rings. The van der Waals surface area contributed by atoms with E-state index in [-0.39, 0.29) is 5.91 Å². The van der Waals surface area contributed by atoms with Gasteiger partial charge in [0.2, 0.25) is 0 Å². The Morgan fingerprint density at radius 2 is 1.96 bits per heavy atom. The van der Waals surface area contributed by atoms with Crippen LogP contribution in [0.25, 0.3) is 0 Å². The average Bonchev–Trinajstić information content (AvgIpc) is 3.02. The van der Waals surface area contributed by atoms with Crippen molar-refractivity contribution in [2.75, 3.05) is 36.7 Å². The highest BCUT2D eigenvalue weighted by Gasteiger charge is 2.26. The van der Waals surface area contributed by atoms with Gasteiger partial charge >= 0.3 is 0 Å². The molecule has 2 aliphatic heterocycles. The van der Waals surface area contributed by atoms with Crippen LogP contribution in [0, 0.1) is 0 Å². The summed E-state index contributed by atoms with van der Waals surface area (Å²) in [7, 11) is 0. The van der Waals surface area contributed by atoms with E-state index < -0.39 is 0 Å². The molecule has 0 unspecified atom stereocenters. The van der Waals surface area contributed by atoms with Crippen molar-refractivity contribution in [2.45, 2.75) is 12.8 Å². The van der Waals surface area contributed by atoms with E-state index in [1.54, 1.807) is 0 Å². The second-order valence-electron chi connectivity index (χ2n) is 6.44. The molecule has 25 heavy (non-hydrogen) atoms. The van der Waals surface area contributed by atoms with Crippen LogP contribution < -0.4 is 9.64 Å². The molecule has 4 rings (SSSR count). The second kappa shape index (κ2) is 7.00. The lowest BCUT2D eigenvalue weighted by molar-refractivity contribution is 0.0651. The summed E-state index contributed by atoms with van der Waals surface area (Å²) in [5.41, 5.74) is 4.21. The summed E-state index contributed by atoms with van der Waals surface area (Å²) in [6, 6.07) is 14.4. The highest BCUT2D eigenvalue weighted by Crippen LogP contribution is 2.39. The maximum atomic E-state index is 12.4. The van der Waals surface area contributed by atoms with Crippen LogP contribution in [0.1, 0.15) is 22.3 Å². The number of benzene rings is 2. The lowest BCUT2D eigenvalue weighted by Crippen LogP contribution is -2.41. The van der Waals surface area contributed by atoms with Gasteiger partial charge in [-0.3, -0.25) is 4.79 Å². The Morgan fingerprint density at radius 1 is 1.16 bits per heavy atom. The molecule has 0 atom stereocenters. The molecule has 0 saturated carbocycles. The topological polar surface area (TPSA) is 32.8 Å². The van der Waals surface area contributed by atoms with Crippen molar-refractivity contribution in [1.82, 2.24) is 4.90 Å². The second-order valence-corrected chi connectivity index (χ2v) is 7.42. The summed E-state index contributed by atoms with van der Waals surface area (Å²) in [6.07, 6.45) is 4.33. The van der Waals surface area contributed by atoms with E-state index >= 15 is 0 Å². The van der Waals surface area contributed by atoms with E-state index in [9.17, 15) is 4.79 Å². The highest BCUT2D eigenvalue weighted by molar-refractivity contribution is 7.98. The summed E-state index contributed by atoms with van der Waals surface area (Å²) in [5.74, 6) is 2.04. The minimum atomic E-state index is 0.106. The first-order valence-electron chi connectivity index (χ1n) is 8.68. The average molecular weight is 354 g/mol. The predicted molar refractivity (Wildman–Crippen MR) is 103 cm³/mol. The highest BCUT2D eigenvalue weighted by atomic mass is 32.2. The van der Waals surface area contributed by atoms with Crippen molar-refractivity contribution in [2.24, 2.45) is 0 Å². The Balaban J connectivity index is 1.52. The fourth-order valence-corrected chi connectivity index (χ4v) is 3.61. The molecular weight excluding hydrogens is 332 g/mol. The van der Waals surface area contributed by atoms with Gasteiger partial charge in [0.1, 0.15) is 5.75 Å². The molecular formula is C20H22N2O2S. The predicted octanol–water partition coefficient (Wildman–Crippen LogP) is 3.93. The summed E-state index contributed by atoms with van der Waals surface area (Å²) in [6.45, 7) is 2.22. The third-order valence-corrected chi connectivity index (χ3v) is 5.45. The van der Waals surface area contributed by atoms with Crippen LogP contribution in [-0.4, -0.2) is 42.6 Å². The standard InChI is InChI=1S/C20H22N2O2S/c1-25-12-9-15-3-6-17(7-4-15)22-14-24-19-13-16(5-8-18(19)22)20(23)21-10-2-11-21/h3-8,13H,2,9-12,14H2,1H3. The summed E-state index contributed by atoms with van der Waals surface area (Å²) in [4.78, 5) is 16.4. The Bertz CT molecular complexity index is 772. The molecule has 4 nitrogen and oxygen atoms in total. The van der Waals surface area contributed by atoms with Gasteiger partial charge in [0, 0.05) is 24.3 Å². The summed E-state index contributed by atoms with van der Waals surface area (Å²) < 4.78 is 5.83. The molecule has 5 heteroatoms. The smallest absolute Gasteiger partial charge is 0.253 e. The van der Waals surface area contributed by atoms with E-state index in [2.05, 4.69) is 35.4 Å². The number of aryl methyl sites for hydroxylation is 1. The van der Waals surface area contributed by atoms with Gasteiger partial charge in [-0.15, -0.1) is 0 Å². The van der Waals surface area contributed by atoms with Crippen LogP contribution in [0.5, 0.6) is 5.75 Å². The van der Waals surface area contributed by atoms with Gasteiger partial charge in [-0.05, 0) is 60.7 Å². The molecule has 2 aliphatic rings. The molecule has 0 spiro atoms. The SMILES string of the molecule is CSCCc1ccc(N2COc3cc(C(=O)N4CCC4)ccc32)cc1. The van der Waals surface area contributed by atoms with Gasteiger partial charge in [-0.2, -0.15) is 11.8 Å². The number of anilines is 2. The number of carbonyl (C=O) groups excluding carboxylic acids is 1. The fraction of sp³-hybridized carbons (Fsp3) is 0.350. The molecule has 0 bridgehead atoms. The lowest BCUT2D eigenvalue weighted by atomic mass is 10.1. The zero-order valence-electron chi connectivity index (χ0n) is 14.4. The number of nitrogens with zero attached hydrogens (tertiary/aromatic N) is 2. The van der Waals surface area contributed by atoms with E-state index in [1.165, 1.54) is 5.56 Å². The molecule has 0 radical (unpaired) electrons. The molecule has 0 aliphatic carbocycles. The van der Waals surface area contributed by atoms with Gasteiger partial charge in [-0.25, -0.2) is 0 Å². The van der Waals surface area contributed by atoms with Gasteiger partial charge in [-0.1, -0.05) is 12.1 Å². The minimum Gasteiger partial charge on any atom is -0.471 e. The van der Waals surface area contributed by atoms with E-state index in [1.807, 2.05) is 34.9 Å². The van der Waals surface area contributed by atoms with E-state index in [0.29, 0.717) is 12.3 Å². The number of likely N-dealkylation sites (tertiary alicyclic amines) is 1. The fourth-order valence-electron chi connectivity index (χ4n) is 3.17. The molecule has 130 valence electrons. The number of ether oxygens (including phenoxy) is 1. The molecule has 2 aromatic carbocycles. The molecule has 1 saturated heterocycles. The lowest BCUT2D eigenvalue weighted by Gasteiger charge is -2.31. The van der Waals surface area contributed by atoms with Crippen molar-refractivity contribution in [3.63, 3.8) is 0 Å². The summed E-state index contributed by atoms with van der Waals surface area (Å²) >= 11 is 1.87. The number of rotatable bonds is 5. The van der Waals surface area contributed by atoms with Crippen molar-refractivity contribution in [3.8, 4) is 5.75 Å². The number of hydrogen-bond donors (Lipinski definition) is 0. The monoisotopic (exact) mass is 354 g/mol. The molecule has 1 amide bonds. The normalized spacial score (nSPS) is 15.6. The Hall–Kier alpha value is -2.14. The van der Waals surface area contributed by atoms with Gasteiger partial charge in [0.05, 0.1) is 5.69 Å².